The van der Waals surface area contributed by atoms with Crippen molar-refractivity contribution in [1.82, 2.24) is 0 Å². The maximum Gasteiger partial charge on any atom is 0.130 e. The highest BCUT2D eigenvalue weighted by molar-refractivity contribution is 6.00. The molecule has 0 aromatic heterocycles. The lowest BCUT2D eigenvalue weighted by molar-refractivity contribution is 0.446. The van der Waals surface area contributed by atoms with Crippen LogP contribution in [0.3, 0.4) is 0 Å². The van der Waals surface area contributed by atoms with Gasteiger partial charge in [-0.2, -0.15) is 0 Å². The van der Waals surface area contributed by atoms with E-state index in [1.165, 1.54) is 0 Å². The first-order chi connectivity index (χ1) is 15.7. The van der Waals surface area contributed by atoms with Crippen molar-refractivity contribution in [2.75, 3.05) is 0 Å². The van der Waals surface area contributed by atoms with Gasteiger partial charge in [0.1, 0.15) is 23.0 Å². The summed E-state index contributed by atoms with van der Waals surface area (Å²) in [5.41, 5.74) is 8.63. The molecule has 0 radical (unpaired) electrons. The molecule has 0 atom stereocenters. The molecule has 4 aromatic carbocycles. The average Bonchev–Trinajstić information content (AvgIpc) is 3.16. The first-order valence-electron chi connectivity index (χ1n) is 11.0. The highest BCUT2D eigenvalue weighted by atomic mass is 16.3. The fraction of sp³-hybridized carbons (Fsp3) is 0.172. The number of hydrogen-bond acceptors (Lipinski definition) is 4. The summed E-state index contributed by atoms with van der Waals surface area (Å²) in [7, 11) is 0. The van der Waals surface area contributed by atoms with E-state index in [1.54, 1.807) is 39.8 Å². The second kappa shape index (κ2) is 7.31. The van der Waals surface area contributed by atoms with Crippen LogP contribution in [0.2, 0.25) is 0 Å². The predicted molar refractivity (Wildman–Crippen MR) is 131 cm³/mol. The van der Waals surface area contributed by atoms with Crippen molar-refractivity contribution >= 4 is 0 Å². The number of phenolic OH excluding ortho intramolecular Hbond substituents is 4. The molecule has 4 heteroatoms. The van der Waals surface area contributed by atoms with E-state index < -0.39 is 0 Å². The van der Waals surface area contributed by atoms with Crippen molar-refractivity contribution in [2.45, 2.75) is 34.1 Å². The second-order valence-electron chi connectivity index (χ2n) is 9.01. The molecule has 0 heterocycles. The highest BCUT2D eigenvalue weighted by Gasteiger charge is 2.30. The topological polar surface area (TPSA) is 80.9 Å². The van der Waals surface area contributed by atoms with Crippen LogP contribution >= 0.6 is 0 Å². The molecule has 0 fully saturated rings. The summed E-state index contributed by atoms with van der Waals surface area (Å²) in [4.78, 5) is 0. The minimum atomic E-state index is -0.0156. The van der Waals surface area contributed by atoms with Gasteiger partial charge < -0.3 is 20.4 Å². The van der Waals surface area contributed by atoms with E-state index in [9.17, 15) is 20.4 Å². The van der Waals surface area contributed by atoms with Crippen LogP contribution in [0, 0.1) is 27.7 Å². The maximum atomic E-state index is 11.1. The number of fused-ring (bicyclic) bond motifs is 3. The largest absolute Gasteiger partial charge is 0.507 e. The van der Waals surface area contributed by atoms with Crippen molar-refractivity contribution in [2.24, 2.45) is 0 Å². The Bertz CT molecular complexity index is 1410. The Balaban J connectivity index is 1.96. The Morgan fingerprint density at radius 3 is 1.58 bits per heavy atom. The Morgan fingerprint density at radius 2 is 1.00 bits per heavy atom. The number of phenols is 4. The van der Waals surface area contributed by atoms with Gasteiger partial charge in [0.25, 0.3) is 0 Å². The van der Waals surface area contributed by atoms with Gasteiger partial charge in [-0.3, -0.25) is 0 Å². The van der Waals surface area contributed by atoms with Gasteiger partial charge in [0.05, 0.1) is 11.1 Å². The molecular formula is C29H26O4. The van der Waals surface area contributed by atoms with Crippen LogP contribution in [-0.2, 0) is 6.42 Å². The Labute approximate surface area is 193 Å². The van der Waals surface area contributed by atoms with Crippen LogP contribution in [0.15, 0.2) is 48.5 Å². The van der Waals surface area contributed by atoms with Gasteiger partial charge in [0.15, 0.2) is 0 Å². The zero-order chi connectivity index (χ0) is 23.6. The van der Waals surface area contributed by atoms with Crippen LogP contribution in [0.4, 0.5) is 0 Å². The van der Waals surface area contributed by atoms with E-state index in [2.05, 4.69) is 12.1 Å². The molecule has 0 saturated carbocycles. The quantitative estimate of drug-likeness (QED) is 0.249. The van der Waals surface area contributed by atoms with E-state index in [1.807, 2.05) is 24.3 Å². The number of hydrogen-bond donors (Lipinski definition) is 4. The van der Waals surface area contributed by atoms with Crippen molar-refractivity contribution in [3.8, 4) is 56.4 Å². The van der Waals surface area contributed by atoms with Crippen LogP contribution in [0.5, 0.6) is 23.0 Å². The van der Waals surface area contributed by atoms with E-state index in [0.29, 0.717) is 50.9 Å². The molecule has 5 rings (SSSR count). The number of aryl methyl sites for hydroxylation is 4. The van der Waals surface area contributed by atoms with Crippen LogP contribution < -0.4 is 0 Å². The van der Waals surface area contributed by atoms with Crippen molar-refractivity contribution in [3.63, 3.8) is 0 Å². The van der Waals surface area contributed by atoms with Gasteiger partial charge in [0, 0.05) is 5.56 Å². The Morgan fingerprint density at radius 1 is 0.515 bits per heavy atom. The third kappa shape index (κ3) is 2.98. The molecule has 33 heavy (non-hydrogen) atoms. The molecule has 0 spiro atoms. The first kappa shape index (κ1) is 21.0. The molecule has 0 unspecified atom stereocenters. The van der Waals surface area contributed by atoms with Crippen molar-refractivity contribution in [1.29, 1.82) is 0 Å². The molecule has 4 nitrogen and oxygen atoms in total. The molecule has 0 saturated heterocycles. The van der Waals surface area contributed by atoms with Crippen molar-refractivity contribution in [3.05, 3.63) is 81.9 Å². The van der Waals surface area contributed by atoms with E-state index in [0.717, 1.165) is 22.3 Å². The van der Waals surface area contributed by atoms with E-state index in [4.69, 9.17) is 0 Å². The number of rotatable bonds is 2. The molecule has 4 N–H and O–H groups in total. The lowest BCUT2D eigenvalue weighted by Gasteiger charge is -2.21. The molecule has 4 aromatic rings. The highest BCUT2D eigenvalue weighted by Crippen LogP contribution is 2.54. The second-order valence-corrected chi connectivity index (χ2v) is 9.01. The average molecular weight is 439 g/mol. The maximum absolute atomic E-state index is 11.1. The van der Waals surface area contributed by atoms with Crippen LogP contribution in [0.1, 0.15) is 33.4 Å². The van der Waals surface area contributed by atoms with Gasteiger partial charge >= 0.3 is 0 Å². The summed E-state index contributed by atoms with van der Waals surface area (Å²) >= 11 is 0. The lowest BCUT2D eigenvalue weighted by atomic mass is 9.84. The standard InChI is InChI=1S/C29H26O4/c1-14-11-15(2)27(31)24(26(14)30)21-10-9-20-19-8-6-5-7-18(19)13-22(20)23(21)25-28(32)16(3)12-17(4)29(25)33/h5-12,30-33H,13H2,1-4H3. The number of aromatic hydroxyl groups is 4. The van der Waals surface area contributed by atoms with Gasteiger partial charge in [-0.25, -0.2) is 0 Å². The number of benzene rings is 4. The van der Waals surface area contributed by atoms with E-state index in [-0.39, 0.29) is 23.0 Å². The molecule has 0 amide bonds. The minimum Gasteiger partial charge on any atom is -0.507 e. The fourth-order valence-electron chi connectivity index (χ4n) is 5.13. The zero-order valence-electron chi connectivity index (χ0n) is 19.1. The summed E-state index contributed by atoms with van der Waals surface area (Å²) < 4.78 is 0. The molecule has 166 valence electrons. The summed E-state index contributed by atoms with van der Waals surface area (Å²) in [5, 5.41) is 44.3. The third-order valence-corrected chi connectivity index (χ3v) is 6.81. The molecule has 1 aliphatic carbocycles. The monoisotopic (exact) mass is 438 g/mol. The first-order valence-corrected chi connectivity index (χ1v) is 11.0. The molecule has 0 aliphatic heterocycles. The van der Waals surface area contributed by atoms with Gasteiger partial charge in [-0.05, 0) is 96.3 Å². The summed E-state index contributed by atoms with van der Waals surface area (Å²) in [6.45, 7) is 7.18. The molecular weight excluding hydrogens is 412 g/mol. The molecule has 0 bridgehead atoms. The minimum absolute atomic E-state index is 0.00735. The van der Waals surface area contributed by atoms with Crippen LogP contribution in [0.25, 0.3) is 33.4 Å². The SMILES string of the molecule is Cc1cc(C)c(O)c(-c2ccc3c(c2-c2c(O)c(C)cc(C)c2O)Cc2ccccc2-3)c1O. The summed E-state index contributed by atoms with van der Waals surface area (Å²) in [5.74, 6) is -0.0459. The third-order valence-electron chi connectivity index (χ3n) is 6.81. The lowest BCUT2D eigenvalue weighted by Crippen LogP contribution is -1.97. The normalized spacial score (nSPS) is 12.0. The van der Waals surface area contributed by atoms with E-state index >= 15 is 0 Å². The van der Waals surface area contributed by atoms with Crippen molar-refractivity contribution < 1.29 is 20.4 Å². The molecule has 1 aliphatic rings. The Hall–Kier alpha value is -3.92. The summed E-state index contributed by atoms with van der Waals surface area (Å²) in [6.07, 6.45) is 0.618. The van der Waals surface area contributed by atoms with Gasteiger partial charge in [0.2, 0.25) is 0 Å². The Kier molecular flexibility index (Phi) is 4.64. The van der Waals surface area contributed by atoms with Gasteiger partial charge in [-0.1, -0.05) is 36.4 Å². The van der Waals surface area contributed by atoms with Gasteiger partial charge in [-0.15, -0.1) is 0 Å². The predicted octanol–water partition coefficient (Wildman–Crippen LogP) is 6.65. The fourth-order valence-corrected chi connectivity index (χ4v) is 5.13. The summed E-state index contributed by atoms with van der Waals surface area (Å²) in [6, 6.07) is 15.5. The smallest absolute Gasteiger partial charge is 0.130 e. The zero-order valence-corrected chi connectivity index (χ0v) is 19.1. The van der Waals surface area contributed by atoms with Crippen LogP contribution in [-0.4, -0.2) is 20.4 Å².